The topological polar surface area (TPSA) is 94.5 Å². The number of benzene rings is 3. The summed E-state index contributed by atoms with van der Waals surface area (Å²) in [6, 6.07) is 15.0. The molecule has 0 bridgehead atoms. The minimum atomic E-state index is -0.977. The molecule has 0 radical (unpaired) electrons. The fraction of sp³-hybridized carbons (Fsp3) is 0.333. The Hall–Kier alpha value is -4.46. The number of amides is 1. The number of carbonyl (C=O) groups is 2. The molecule has 216 valence electrons. The summed E-state index contributed by atoms with van der Waals surface area (Å²) in [6.45, 7) is 10.4. The smallest absolute Gasteiger partial charge is 0.300 e. The lowest BCUT2D eigenvalue weighted by Crippen LogP contribution is -2.30. The van der Waals surface area contributed by atoms with Crippen LogP contribution in [0.1, 0.15) is 56.0 Å². The molecule has 4 rings (SSSR count). The number of aliphatic hydroxyl groups is 1. The van der Waals surface area contributed by atoms with Crippen molar-refractivity contribution in [3.63, 3.8) is 0 Å². The number of hydrogen-bond donors (Lipinski definition) is 1. The maximum absolute atomic E-state index is 13.8. The Bertz CT molecular complexity index is 1490. The number of methoxy groups -OCH3 is 3. The van der Waals surface area contributed by atoms with E-state index in [0.29, 0.717) is 46.4 Å². The van der Waals surface area contributed by atoms with E-state index in [1.807, 2.05) is 52.8 Å². The first-order chi connectivity index (χ1) is 19.5. The molecule has 1 heterocycles. The van der Waals surface area contributed by atoms with Crippen LogP contribution >= 0.6 is 0 Å². The van der Waals surface area contributed by atoms with Crippen LogP contribution < -0.4 is 23.8 Å². The van der Waals surface area contributed by atoms with Crippen molar-refractivity contribution >= 4 is 23.1 Å². The zero-order valence-corrected chi connectivity index (χ0v) is 24.8. The summed E-state index contributed by atoms with van der Waals surface area (Å²) in [5, 5.41) is 11.8. The molecule has 41 heavy (non-hydrogen) atoms. The van der Waals surface area contributed by atoms with Crippen molar-refractivity contribution in [3.8, 4) is 23.0 Å². The summed E-state index contributed by atoms with van der Waals surface area (Å²) in [6.07, 6.45) is 0. The largest absolute Gasteiger partial charge is 0.507 e. The van der Waals surface area contributed by atoms with E-state index < -0.39 is 17.7 Å². The molecular weight excluding hydrogens is 522 g/mol. The molecule has 0 aromatic heterocycles. The molecule has 1 N–H and O–H groups in total. The van der Waals surface area contributed by atoms with Gasteiger partial charge in [0.1, 0.15) is 11.5 Å². The molecule has 3 aromatic carbocycles. The van der Waals surface area contributed by atoms with Gasteiger partial charge in [0, 0.05) is 16.8 Å². The van der Waals surface area contributed by atoms with Crippen molar-refractivity contribution in [2.45, 2.75) is 46.1 Å². The molecule has 8 nitrogen and oxygen atoms in total. The molecular formula is C33H37NO7. The Morgan fingerprint density at radius 3 is 2.07 bits per heavy atom. The number of carbonyl (C=O) groups excluding carboxylic acids is 2. The molecule has 8 heteroatoms. The van der Waals surface area contributed by atoms with Crippen molar-refractivity contribution in [1.82, 2.24) is 0 Å². The Balaban J connectivity index is 2.04. The second-order valence-electron chi connectivity index (χ2n) is 10.8. The van der Waals surface area contributed by atoms with E-state index in [-0.39, 0.29) is 16.7 Å². The van der Waals surface area contributed by atoms with Crippen molar-refractivity contribution in [2.24, 2.45) is 0 Å². The van der Waals surface area contributed by atoms with Gasteiger partial charge in [0.25, 0.3) is 11.7 Å². The van der Waals surface area contributed by atoms with Gasteiger partial charge in [-0.1, -0.05) is 39.0 Å². The summed E-state index contributed by atoms with van der Waals surface area (Å²) < 4.78 is 22.5. The van der Waals surface area contributed by atoms with E-state index in [2.05, 4.69) is 0 Å². The number of aliphatic hydroxyl groups excluding tert-OH is 1. The van der Waals surface area contributed by atoms with Gasteiger partial charge >= 0.3 is 0 Å². The van der Waals surface area contributed by atoms with Crippen molar-refractivity contribution in [3.05, 3.63) is 82.4 Å². The van der Waals surface area contributed by atoms with Gasteiger partial charge in [-0.05, 0) is 66.8 Å². The highest BCUT2D eigenvalue weighted by molar-refractivity contribution is 6.51. The van der Waals surface area contributed by atoms with Gasteiger partial charge in [-0.15, -0.1) is 0 Å². The monoisotopic (exact) mass is 559 g/mol. The second kappa shape index (κ2) is 11.6. The van der Waals surface area contributed by atoms with E-state index in [1.165, 1.54) is 26.2 Å². The summed E-state index contributed by atoms with van der Waals surface area (Å²) in [5.41, 5.74) is 2.75. The van der Waals surface area contributed by atoms with Gasteiger partial charge in [0.2, 0.25) is 5.75 Å². The number of ether oxygens (including phenoxy) is 4. The fourth-order valence-electron chi connectivity index (χ4n) is 5.19. The number of anilines is 1. The standard InChI is InChI=1S/C33H37NO7/c1-9-41-24-15-14-20(16-22(24)33(3,4)5)29(35)27-28(21-17-25(38-6)31(40-8)26(18-21)39-7)34(32(37)30(27)36)23-13-11-10-12-19(23)2/h10-18,28,35H,9H2,1-8H3/b29-27+. The van der Waals surface area contributed by atoms with Gasteiger partial charge in [-0.3, -0.25) is 14.5 Å². The van der Waals surface area contributed by atoms with Crippen LogP contribution in [0.15, 0.2) is 60.2 Å². The molecule has 1 aliphatic heterocycles. The number of aryl methyl sites for hydroxylation is 1. The number of ketones is 1. The summed E-state index contributed by atoms with van der Waals surface area (Å²) in [5.74, 6) is -0.0587. The van der Waals surface area contributed by atoms with Crippen molar-refractivity contribution < 1.29 is 33.6 Å². The molecule has 0 aliphatic carbocycles. The first-order valence-corrected chi connectivity index (χ1v) is 13.4. The number of nitrogens with zero attached hydrogens (tertiary/aromatic N) is 1. The summed E-state index contributed by atoms with van der Waals surface area (Å²) in [4.78, 5) is 28.9. The molecule has 0 saturated carbocycles. The van der Waals surface area contributed by atoms with Gasteiger partial charge in [-0.25, -0.2) is 0 Å². The molecule has 1 unspecified atom stereocenters. The van der Waals surface area contributed by atoms with Crippen LogP contribution in [-0.4, -0.2) is 44.7 Å². The van der Waals surface area contributed by atoms with E-state index >= 15 is 0 Å². The van der Waals surface area contributed by atoms with Gasteiger partial charge in [-0.2, -0.15) is 0 Å². The van der Waals surface area contributed by atoms with E-state index in [0.717, 1.165) is 11.1 Å². The van der Waals surface area contributed by atoms with Crippen LogP contribution in [0.3, 0.4) is 0 Å². The lowest BCUT2D eigenvalue weighted by molar-refractivity contribution is -0.132. The van der Waals surface area contributed by atoms with Crippen LogP contribution in [0.4, 0.5) is 5.69 Å². The van der Waals surface area contributed by atoms with Crippen molar-refractivity contribution in [1.29, 1.82) is 0 Å². The first-order valence-electron chi connectivity index (χ1n) is 13.4. The minimum Gasteiger partial charge on any atom is -0.507 e. The molecule has 1 fully saturated rings. The van der Waals surface area contributed by atoms with Crippen LogP contribution in [0.25, 0.3) is 5.76 Å². The highest BCUT2D eigenvalue weighted by Crippen LogP contribution is 2.48. The average Bonchev–Trinajstić information content (AvgIpc) is 3.21. The van der Waals surface area contributed by atoms with E-state index in [4.69, 9.17) is 18.9 Å². The van der Waals surface area contributed by atoms with Gasteiger partial charge < -0.3 is 24.1 Å². The highest BCUT2D eigenvalue weighted by atomic mass is 16.5. The number of Topliss-reactive ketones (excluding diaryl/α,β-unsaturated/α-hetero) is 1. The van der Waals surface area contributed by atoms with E-state index in [1.54, 1.807) is 36.4 Å². The molecule has 0 spiro atoms. The quantitative estimate of drug-likeness (QED) is 0.195. The third-order valence-corrected chi connectivity index (χ3v) is 7.18. The molecule has 1 atom stereocenters. The highest BCUT2D eigenvalue weighted by Gasteiger charge is 2.48. The van der Waals surface area contributed by atoms with Crippen LogP contribution in [0.2, 0.25) is 0 Å². The fourth-order valence-corrected chi connectivity index (χ4v) is 5.19. The lowest BCUT2D eigenvalue weighted by atomic mass is 9.84. The van der Waals surface area contributed by atoms with Crippen LogP contribution in [0, 0.1) is 6.92 Å². The van der Waals surface area contributed by atoms with Gasteiger partial charge in [0.05, 0.1) is 39.6 Å². The first kappa shape index (κ1) is 29.5. The Labute approximate surface area is 241 Å². The number of hydrogen-bond acceptors (Lipinski definition) is 7. The SMILES string of the molecule is CCOc1ccc(/C(O)=C2\C(=O)C(=O)N(c3ccccc3C)C2c2cc(OC)c(OC)c(OC)c2)cc1C(C)(C)C. The zero-order chi connectivity index (χ0) is 30.1. The lowest BCUT2D eigenvalue weighted by Gasteiger charge is -2.28. The van der Waals surface area contributed by atoms with Crippen molar-refractivity contribution in [2.75, 3.05) is 32.8 Å². The summed E-state index contributed by atoms with van der Waals surface area (Å²) >= 11 is 0. The number of rotatable bonds is 8. The normalized spacial score (nSPS) is 16.6. The third kappa shape index (κ3) is 5.34. The summed E-state index contributed by atoms with van der Waals surface area (Å²) in [7, 11) is 4.48. The number of para-hydroxylation sites is 1. The third-order valence-electron chi connectivity index (χ3n) is 7.18. The predicted octanol–water partition coefficient (Wildman–Crippen LogP) is 6.34. The maximum Gasteiger partial charge on any atom is 0.300 e. The van der Waals surface area contributed by atoms with Crippen LogP contribution in [0.5, 0.6) is 23.0 Å². The second-order valence-corrected chi connectivity index (χ2v) is 10.8. The van der Waals surface area contributed by atoms with Gasteiger partial charge in [0.15, 0.2) is 11.5 Å². The Morgan fingerprint density at radius 1 is 0.902 bits per heavy atom. The van der Waals surface area contributed by atoms with Crippen LogP contribution in [-0.2, 0) is 15.0 Å². The molecule has 1 aliphatic rings. The minimum absolute atomic E-state index is 0.0449. The Morgan fingerprint density at radius 2 is 1.54 bits per heavy atom. The Kier molecular flexibility index (Phi) is 8.33. The predicted molar refractivity (Wildman–Crippen MR) is 158 cm³/mol. The van der Waals surface area contributed by atoms with E-state index in [9.17, 15) is 14.7 Å². The average molecular weight is 560 g/mol. The molecule has 3 aromatic rings. The molecule has 1 saturated heterocycles. The zero-order valence-electron chi connectivity index (χ0n) is 24.8. The maximum atomic E-state index is 13.8. The molecule has 1 amide bonds.